The molecule has 0 bridgehead atoms. The number of ether oxygens (including phenoxy) is 3. The molecule has 0 radical (unpaired) electrons. The van der Waals surface area contributed by atoms with Crippen molar-refractivity contribution >= 4 is 0 Å². The van der Waals surface area contributed by atoms with E-state index in [4.69, 9.17) is 14.2 Å². The molecule has 0 fully saturated rings. The predicted octanol–water partition coefficient (Wildman–Crippen LogP) is 1.66. The van der Waals surface area contributed by atoms with E-state index in [-0.39, 0.29) is 0 Å². The maximum absolute atomic E-state index is 9.68. The van der Waals surface area contributed by atoms with E-state index in [9.17, 15) is 5.11 Å². The highest BCUT2D eigenvalue weighted by Crippen LogP contribution is 2.38. The number of fused-ring (bicyclic) bond motifs is 1. The van der Waals surface area contributed by atoms with Gasteiger partial charge in [0.15, 0.2) is 11.5 Å². The molecule has 88 valence electrons. The molecule has 0 amide bonds. The lowest BCUT2D eigenvalue weighted by Crippen LogP contribution is -2.18. The summed E-state index contributed by atoms with van der Waals surface area (Å²) in [6.45, 7) is 3.23. The minimum absolute atomic E-state index is 0.409. The van der Waals surface area contributed by atoms with Crippen LogP contribution >= 0.6 is 0 Å². The summed E-state index contributed by atoms with van der Waals surface area (Å²) < 4.78 is 16.2. The van der Waals surface area contributed by atoms with Crippen LogP contribution in [0.15, 0.2) is 12.1 Å². The fraction of sp³-hybridized carbons (Fsp3) is 0.500. The SMILES string of the molecule is COCc1c(C(C)O)ccc2c1OCCO2. The molecule has 0 saturated carbocycles. The second-order valence-corrected chi connectivity index (χ2v) is 3.77. The molecule has 0 aliphatic carbocycles. The van der Waals surface area contributed by atoms with Crippen LogP contribution in [0.2, 0.25) is 0 Å². The average Bonchev–Trinajstić information content (AvgIpc) is 2.29. The first-order valence-corrected chi connectivity index (χ1v) is 5.32. The summed E-state index contributed by atoms with van der Waals surface area (Å²) in [6, 6.07) is 3.68. The van der Waals surface area contributed by atoms with Gasteiger partial charge in [-0.25, -0.2) is 0 Å². The monoisotopic (exact) mass is 224 g/mol. The molecule has 2 rings (SSSR count). The lowest BCUT2D eigenvalue weighted by Gasteiger charge is -2.23. The van der Waals surface area contributed by atoms with Gasteiger partial charge in [-0.1, -0.05) is 6.07 Å². The molecule has 1 unspecified atom stereocenters. The summed E-state index contributed by atoms with van der Waals surface area (Å²) in [5.74, 6) is 1.43. The summed E-state index contributed by atoms with van der Waals surface area (Å²) in [6.07, 6.45) is -0.541. The molecule has 1 N–H and O–H groups in total. The van der Waals surface area contributed by atoms with Crippen LogP contribution in [0.3, 0.4) is 0 Å². The molecule has 1 atom stereocenters. The Morgan fingerprint density at radius 1 is 1.38 bits per heavy atom. The first-order valence-electron chi connectivity index (χ1n) is 5.32. The minimum atomic E-state index is -0.541. The van der Waals surface area contributed by atoms with E-state index >= 15 is 0 Å². The van der Waals surface area contributed by atoms with Gasteiger partial charge >= 0.3 is 0 Å². The van der Waals surface area contributed by atoms with Crippen molar-refractivity contribution in [3.8, 4) is 11.5 Å². The van der Waals surface area contributed by atoms with Crippen molar-refractivity contribution in [3.63, 3.8) is 0 Å². The van der Waals surface area contributed by atoms with E-state index in [0.29, 0.717) is 25.6 Å². The van der Waals surface area contributed by atoms with Crippen LogP contribution in [-0.4, -0.2) is 25.4 Å². The van der Waals surface area contributed by atoms with Gasteiger partial charge in [0, 0.05) is 12.7 Å². The number of benzene rings is 1. The molecule has 1 aromatic rings. The van der Waals surface area contributed by atoms with E-state index in [1.54, 1.807) is 14.0 Å². The van der Waals surface area contributed by atoms with Crippen LogP contribution in [0.4, 0.5) is 0 Å². The van der Waals surface area contributed by atoms with E-state index in [2.05, 4.69) is 0 Å². The second-order valence-electron chi connectivity index (χ2n) is 3.77. The summed E-state index contributed by atoms with van der Waals surface area (Å²) >= 11 is 0. The van der Waals surface area contributed by atoms with Gasteiger partial charge in [-0.15, -0.1) is 0 Å². The molecule has 0 saturated heterocycles. The van der Waals surface area contributed by atoms with Crippen molar-refractivity contribution in [1.29, 1.82) is 0 Å². The lowest BCUT2D eigenvalue weighted by atomic mass is 10.0. The number of aliphatic hydroxyl groups excluding tert-OH is 1. The highest BCUT2D eigenvalue weighted by molar-refractivity contribution is 5.51. The molecule has 0 spiro atoms. The van der Waals surface area contributed by atoms with Gasteiger partial charge in [-0.2, -0.15) is 0 Å². The zero-order valence-electron chi connectivity index (χ0n) is 9.53. The Balaban J connectivity index is 2.47. The summed E-state index contributed by atoms with van der Waals surface area (Å²) in [5, 5.41) is 9.68. The van der Waals surface area contributed by atoms with Gasteiger partial charge in [0.25, 0.3) is 0 Å². The third-order valence-electron chi connectivity index (χ3n) is 2.59. The molecule has 0 aromatic heterocycles. The normalized spacial score (nSPS) is 15.9. The molecule has 4 nitrogen and oxygen atoms in total. The highest BCUT2D eigenvalue weighted by atomic mass is 16.6. The third kappa shape index (κ3) is 1.99. The summed E-state index contributed by atoms with van der Waals surface area (Å²) in [5.41, 5.74) is 1.70. The number of hydrogen-bond donors (Lipinski definition) is 1. The van der Waals surface area contributed by atoms with Crippen molar-refractivity contribution in [2.75, 3.05) is 20.3 Å². The van der Waals surface area contributed by atoms with Gasteiger partial charge in [-0.3, -0.25) is 0 Å². The standard InChI is InChI=1S/C12H16O4/c1-8(13)9-3-4-11-12(10(9)7-14-2)16-6-5-15-11/h3-4,8,13H,5-7H2,1-2H3. The molecule has 1 aliphatic rings. The fourth-order valence-electron chi connectivity index (χ4n) is 1.87. The lowest BCUT2D eigenvalue weighted by molar-refractivity contribution is 0.145. The summed E-state index contributed by atoms with van der Waals surface area (Å²) in [4.78, 5) is 0. The first-order chi connectivity index (χ1) is 7.74. The van der Waals surface area contributed by atoms with E-state index in [0.717, 1.165) is 16.9 Å². The zero-order chi connectivity index (χ0) is 11.5. The van der Waals surface area contributed by atoms with Crippen LogP contribution in [-0.2, 0) is 11.3 Å². The van der Waals surface area contributed by atoms with Crippen LogP contribution < -0.4 is 9.47 Å². The average molecular weight is 224 g/mol. The number of hydrogen-bond acceptors (Lipinski definition) is 4. The molecule has 4 heteroatoms. The summed E-state index contributed by atoms with van der Waals surface area (Å²) in [7, 11) is 1.62. The van der Waals surface area contributed by atoms with E-state index in [1.807, 2.05) is 12.1 Å². The van der Waals surface area contributed by atoms with Gasteiger partial charge in [0.05, 0.1) is 12.7 Å². The predicted molar refractivity (Wildman–Crippen MR) is 58.8 cm³/mol. The van der Waals surface area contributed by atoms with Crippen LogP contribution in [0, 0.1) is 0 Å². The van der Waals surface area contributed by atoms with Crippen molar-refractivity contribution in [3.05, 3.63) is 23.3 Å². The maximum atomic E-state index is 9.68. The van der Waals surface area contributed by atoms with Gasteiger partial charge in [-0.05, 0) is 18.6 Å². The first kappa shape index (κ1) is 11.2. The van der Waals surface area contributed by atoms with E-state index < -0.39 is 6.10 Å². The second kappa shape index (κ2) is 4.72. The van der Waals surface area contributed by atoms with Crippen molar-refractivity contribution in [2.24, 2.45) is 0 Å². The topological polar surface area (TPSA) is 47.9 Å². The quantitative estimate of drug-likeness (QED) is 0.848. The maximum Gasteiger partial charge on any atom is 0.167 e. The Kier molecular flexibility index (Phi) is 3.31. The van der Waals surface area contributed by atoms with Crippen molar-refractivity contribution in [2.45, 2.75) is 19.6 Å². The fourth-order valence-corrected chi connectivity index (χ4v) is 1.87. The number of methoxy groups -OCH3 is 1. The van der Waals surface area contributed by atoms with Crippen molar-refractivity contribution < 1.29 is 19.3 Å². The van der Waals surface area contributed by atoms with Gasteiger partial charge in [0.1, 0.15) is 13.2 Å². The number of aliphatic hydroxyl groups is 1. The molecule has 1 aromatic carbocycles. The Hall–Kier alpha value is -1.26. The third-order valence-corrected chi connectivity index (χ3v) is 2.59. The Morgan fingerprint density at radius 3 is 2.81 bits per heavy atom. The minimum Gasteiger partial charge on any atom is -0.486 e. The smallest absolute Gasteiger partial charge is 0.167 e. The zero-order valence-corrected chi connectivity index (χ0v) is 9.53. The molecule has 1 aliphatic heterocycles. The Bertz CT molecular complexity index is 374. The van der Waals surface area contributed by atoms with E-state index in [1.165, 1.54) is 0 Å². The number of rotatable bonds is 3. The highest BCUT2D eigenvalue weighted by Gasteiger charge is 2.20. The van der Waals surface area contributed by atoms with Gasteiger partial charge < -0.3 is 19.3 Å². The molecule has 16 heavy (non-hydrogen) atoms. The van der Waals surface area contributed by atoms with Crippen molar-refractivity contribution in [1.82, 2.24) is 0 Å². The largest absolute Gasteiger partial charge is 0.486 e. The Morgan fingerprint density at radius 2 is 2.12 bits per heavy atom. The van der Waals surface area contributed by atoms with Crippen LogP contribution in [0.1, 0.15) is 24.2 Å². The van der Waals surface area contributed by atoms with Crippen LogP contribution in [0.25, 0.3) is 0 Å². The molecular formula is C12H16O4. The molecule has 1 heterocycles. The molecular weight excluding hydrogens is 208 g/mol. The van der Waals surface area contributed by atoms with Gasteiger partial charge in [0.2, 0.25) is 0 Å². The van der Waals surface area contributed by atoms with Crippen LogP contribution in [0.5, 0.6) is 11.5 Å². The Labute approximate surface area is 94.8 Å².